The molecule has 1 heterocycles. The van der Waals surface area contributed by atoms with Gasteiger partial charge in [0.05, 0.1) is 0 Å². The van der Waals surface area contributed by atoms with E-state index in [1.54, 1.807) is 0 Å². The highest BCUT2D eigenvalue weighted by Crippen LogP contribution is 2.11. The van der Waals surface area contributed by atoms with E-state index in [0.29, 0.717) is 5.89 Å². The van der Waals surface area contributed by atoms with Crippen LogP contribution in [0.25, 0.3) is 0 Å². The van der Waals surface area contributed by atoms with Gasteiger partial charge in [0.1, 0.15) is 5.75 Å². The quantitative estimate of drug-likeness (QED) is 0.789. The van der Waals surface area contributed by atoms with E-state index >= 15 is 0 Å². The summed E-state index contributed by atoms with van der Waals surface area (Å²) in [7, 11) is 0. The number of benzene rings is 1. The van der Waals surface area contributed by atoms with Gasteiger partial charge in [0, 0.05) is 0 Å². The number of hydrogen-bond acceptors (Lipinski definition) is 5. The van der Waals surface area contributed by atoms with Crippen LogP contribution in [0.1, 0.15) is 5.89 Å². The highest BCUT2D eigenvalue weighted by molar-refractivity contribution is 5.20. The lowest BCUT2D eigenvalue weighted by molar-refractivity contribution is 0.265. The van der Waals surface area contributed by atoms with Gasteiger partial charge in [-0.25, -0.2) is 0 Å². The van der Waals surface area contributed by atoms with E-state index in [2.05, 4.69) is 10.2 Å². The van der Waals surface area contributed by atoms with Crippen LogP contribution in [0.15, 0.2) is 34.7 Å². The number of para-hydroxylation sites is 1. The Labute approximate surface area is 80.5 Å². The zero-order chi connectivity index (χ0) is 9.80. The third-order valence-electron chi connectivity index (χ3n) is 1.59. The van der Waals surface area contributed by atoms with Gasteiger partial charge in [0.15, 0.2) is 6.61 Å². The van der Waals surface area contributed by atoms with E-state index in [0.717, 1.165) is 5.75 Å². The Morgan fingerprint density at radius 2 is 2.00 bits per heavy atom. The summed E-state index contributed by atoms with van der Waals surface area (Å²) < 4.78 is 10.3. The molecule has 14 heavy (non-hydrogen) atoms. The van der Waals surface area contributed by atoms with Crippen LogP contribution in [0.4, 0.5) is 6.01 Å². The number of anilines is 1. The van der Waals surface area contributed by atoms with Crippen molar-refractivity contribution < 1.29 is 9.15 Å². The maximum absolute atomic E-state index is 5.35. The van der Waals surface area contributed by atoms with Gasteiger partial charge in [0.25, 0.3) is 5.89 Å². The molecule has 1 aromatic heterocycles. The van der Waals surface area contributed by atoms with E-state index in [1.165, 1.54) is 0 Å². The second kappa shape index (κ2) is 3.78. The number of nitrogens with zero attached hydrogens (tertiary/aromatic N) is 2. The molecule has 0 fully saturated rings. The van der Waals surface area contributed by atoms with Crippen molar-refractivity contribution in [2.75, 3.05) is 5.73 Å². The van der Waals surface area contributed by atoms with Crippen LogP contribution < -0.4 is 10.5 Å². The fraction of sp³-hybridized carbons (Fsp3) is 0.111. The molecular formula is C9H9N3O2. The fourth-order valence-electron chi connectivity index (χ4n) is 0.987. The molecule has 0 radical (unpaired) electrons. The van der Waals surface area contributed by atoms with Crippen LogP contribution in [0.3, 0.4) is 0 Å². The average Bonchev–Trinajstić information content (AvgIpc) is 2.63. The van der Waals surface area contributed by atoms with E-state index in [-0.39, 0.29) is 12.6 Å². The first-order valence-corrected chi connectivity index (χ1v) is 4.10. The van der Waals surface area contributed by atoms with Gasteiger partial charge in [-0.3, -0.25) is 0 Å². The number of nitrogens with two attached hydrogens (primary N) is 1. The van der Waals surface area contributed by atoms with Crippen LogP contribution in [0.5, 0.6) is 5.75 Å². The summed E-state index contributed by atoms with van der Waals surface area (Å²) in [6.45, 7) is 0.230. The zero-order valence-corrected chi connectivity index (χ0v) is 7.38. The van der Waals surface area contributed by atoms with Gasteiger partial charge in [-0.15, -0.1) is 5.10 Å². The number of ether oxygens (including phenoxy) is 1. The Bertz CT molecular complexity index is 399. The maximum atomic E-state index is 5.35. The topological polar surface area (TPSA) is 74.2 Å². The van der Waals surface area contributed by atoms with E-state index in [4.69, 9.17) is 14.9 Å². The molecule has 5 heteroatoms. The van der Waals surface area contributed by atoms with Gasteiger partial charge in [-0.1, -0.05) is 23.3 Å². The molecule has 0 aliphatic heterocycles. The van der Waals surface area contributed by atoms with Crippen LogP contribution in [0.2, 0.25) is 0 Å². The van der Waals surface area contributed by atoms with Crippen molar-refractivity contribution in [1.29, 1.82) is 0 Å². The van der Waals surface area contributed by atoms with Gasteiger partial charge < -0.3 is 14.9 Å². The lowest BCUT2D eigenvalue weighted by Gasteiger charge is -2.01. The molecule has 0 saturated heterocycles. The van der Waals surface area contributed by atoms with Gasteiger partial charge in [0.2, 0.25) is 0 Å². The zero-order valence-electron chi connectivity index (χ0n) is 7.38. The molecule has 0 aliphatic carbocycles. The normalized spacial score (nSPS) is 10.0. The Hall–Kier alpha value is -2.04. The van der Waals surface area contributed by atoms with E-state index in [9.17, 15) is 0 Å². The van der Waals surface area contributed by atoms with Crippen molar-refractivity contribution in [3.8, 4) is 5.75 Å². The largest absolute Gasteiger partial charge is 0.484 e. The molecule has 2 aromatic rings. The molecule has 0 bridgehead atoms. The lowest BCUT2D eigenvalue weighted by atomic mass is 10.3. The summed E-state index contributed by atoms with van der Waals surface area (Å²) >= 11 is 0. The Kier molecular flexibility index (Phi) is 2.31. The van der Waals surface area contributed by atoms with Crippen molar-refractivity contribution in [2.45, 2.75) is 6.61 Å². The molecule has 0 atom stereocenters. The molecular weight excluding hydrogens is 182 g/mol. The second-order valence-electron chi connectivity index (χ2n) is 2.64. The Balaban J connectivity index is 1.95. The summed E-state index contributed by atoms with van der Waals surface area (Å²) in [6, 6.07) is 9.43. The van der Waals surface area contributed by atoms with Crippen LogP contribution in [-0.2, 0) is 6.61 Å². The first-order chi connectivity index (χ1) is 6.84. The summed E-state index contributed by atoms with van der Waals surface area (Å²) in [5.41, 5.74) is 5.25. The minimum absolute atomic E-state index is 0.0525. The molecule has 0 unspecified atom stereocenters. The molecule has 1 aromatic carbocycles. The molecule has 0 saturated carbocycles. The first-order valence-electron chi connectivity index (χ1n) is 4.10. The second-order valence-corrected chi connectivity index (χ2v) is 2.64. The van der Waals surface area contributed by atoms with Crippen molar-refractivity contribution in [2.24, 2.45) is 0 Å². The van der Waals surface area contributed by atoms with Crippen LogP contribution in [0, 0.1) is 0 Å². The third kappa shape index (κ3) is 2.01. The van der Waals surface area contributed by atoms with Crippen molar-refractivity contribution in [3.05, 3.63) is 36.2 Å². The summed E-state index contributed by atoms with van der Waals surface area (Å²) in [5, 5.41) is 7.17. The first kappa shape index (κ1) is 8.55. The monoisotopic (exact) mass is 191 g/mol. The smallest absolute Gasteiger partial charge is 0.312 e. The molecule has 5 nitrogen and oxygen atoms in total. The van der Waals surface area contributed by atoms with E-state index < -0.39 is 0 Å². The van der Waals surface area contributed by atoms with Crippen molar-refractivity contribution in [1.82, 2.24) is 10.2 Å². The summed E-state index contributed by atoms with van der Waals surface area (Å²) in [6.07, 6.45) is 0. The predicted molar refractivity (Wildman–Crippen MR) is 49.5 cm³/mol. The summed E-state index contributed by atoms with van der Waals surface area (Å²) in [5.74, 6) is 1.12. The molecule has 72 valence electrons. The predicted octanol–water partition coefficient (Wildman–Crippen LogP) is 1.23. The fourth-order valence-corrected chi connectivity index (χ4v) is 0.987. The summed E-state index contributed by atoms with van der Waals surface area (Å²) in [4.78, 5) is 0. The standard InChI is InChI=1S/C9H9N3O2/c10-9-12-11-8(14-9)6-13-7-4-2-1-3-5-7/h1-5H,6H2,(H2,10,12). The molecule has 0 aliphatic rings. The van der Waals surface area contributed by atoms with Crippen LogP contribution in [-0.4, -0.2) is 10.2 Å². The minimum Gasteiger partial charge on any atom is -0.484 e. The number of aromatic nitrogens is 2. The molecule has 0 spiro atoms. The van der Waals surface area contributed by atoms with Crippen LogP contribution >= 0.6 is 0 Å². The number of rotatable bonds is 3. The number of hydrogen-bond donors (Lipinski definition) is 1. The minimum atomic E-state index is 0.0525. The van der Waals surface area contributed by atoms with Crippen molar-refractivity contribution >= 4 is 6.01 Å². The Morgan fingerprint density at radius 3 is 2.64 bits per heavy atom. The van der Waals surface area contributed by atoms with Gasteiger partial charge >= 0.3 is 6.01 Å². The molecule has 2 N–H and O–H groups in total. The highest BCUT2D eigenvalue weighted by atomic mass is 16.5. The van der Waals surface area contributed by atoms with Gasteiger partial charge in [-0.2, -0.15) is 0 Å². The molecule has 2 rings (SSSR count). The number of nitrogen functional groups attached to an aromatic ring is 1. The maximum Gasteiger partial charge on any atom is 0.312 e. The third-order valence-corrected chi connectivity index (χ3v) is 1.59. The van der Waals surface area contributed by atoms with Crippen molar-refractivity contribution in [3.63, 3.8) is 0 Å². The molecule has 0 amide bonds. The lowest BCUT2D eigenvalue weighted by Crippen LogP contribution is -1.95. The Morgan fingerprint density at radius 1 is 1.21 bits per heavy atom. The average molecular weight is 191 g/mol. The highest BCUT2D eigenvalue weighted by Gasteiger charge is 2.02. The SMILES string of the molecule is Nc1nnc(COc2ccccc2)o1. The van der Waals surface area contributed by atoms with Gasteiger partial charge in [-0.05, 0) is 12.1 Å². The van der Waals surface area contributed by atoms with E-state index in [1.807, 2.05) is 30.3 Å².